The summed E-state index contributed by atoms with van der Waals surface area (Å²) in [5.41, 5.74) is -0.805. The monoisotopic (exact) mass is 354 g/mol. The third-order valence-electron chi connectivity index (χ3n) is 3.41. The highest BCUT2D eigenvalue weighted by molar-refractivity contribution is 6.52. The zero-order valence-electron chi connectivity index (χ0n) is 10.6. The van der Waals surface area contributed by atoms with E-state index < -0.39 is 23.1 Å². The number of ketones is 2. The molecule has 0 spiro atoms. The van der Waals surface area contributed by atoms with E-state index in [4.69, 9.17) is 34.8 Å². The molecule has 7 heteroatoms. The quantitative estimate of drug-likeness (QED) is 0.667. The normalized spacial score (nSPS) is 12.9. The molecule has 1 N–H and O–H groups in total. The van der Waals surface area contributed by atoms with Crippen LogP contribution in [-0.4, -0.2) is 22.6 Å². The Morgan fingerprint density at radius 3 is 1.82 bits per heavy atom. The number of carbonyl (C=O) groups excluding carboxylic acids is 2. The lowest BCUT2D eigenvalue weighted by atomic mass is 9.81. The van der Waals surface area contributed by atoms with Crippen LogP contribution < -0.4 is 0 Å². The molecule has 3 rings (SSSR count). The van der Waals surface area contributed by atoms with Crippen LogP contribution in [0.15, 0.2) is 24.3 Å². The van der Waals surface area contributed by atoms with Crippen LogP contribution in [0, 0.1) is 0 Å². The van der Waals surface area contributed by atoms with E-state index in [0.717, 1.165) is 0 Å². The van der Waals surface area contributed by atoms with Gasteiger partial charge in [-0.05, 0) is 0 Å². The molecule has 0 bridgehead atoms. The molecule has 0 atom stereocenters. The molecule has 4 nitrogen and oxygen atoms in total. The first-order valence-electron chi connectivity index (χ1n) is 5.98. The second-order valence-corrected chi connectivity index (χ2v) is 5.71. The van der Waals surface area contributed by atoms with Crippen molar-refractivity contribution in [1.82, 2.24) is 0 Å². The summed E-state index contributed by atoms with van der Waals surface area (Å²) in [5, 5.41) is 8.49. The van der Waals surface area contributed by atoms with E-state index in [-0.39, 0.29) is 37.3 Å². The number of hydrogen-bond donors (Lipinski definition) is 1. The molecule has 0 aromatic heterocycles. The highest BCUT2D eigenvalue weighted by Crippen LogP contribution is 2.42. The Balaban J connectivity index is 2.50. The third-order valence-corrected chi connectivity index (χ3v) is 4.74. The van der Waals surface area contributed by atoms with Gasteiger partial charge in [0.25, 0.3) is 0 Å². The lowest BCUT2D eigenvalue weighted by Gasteiger charge is -2.21. The SMILES string of the molecule is O=C(O)c1c(Cl)c(Cl)c(Cl)c2c1C(=O)c1ccccc1C2=O. The van der Waals surface area contributed by atoms with Crippen molar-refractivity contribution in [3.8, 4) is 0 Å². The van der Waals surface area contributed by atoms with Crippen LogP contribution in [0.3, 0.4) is 0 Å². The molecule has 110 valence electrons. The Hall–Kier alpha value is -1.88. The number of hydrogen-bond acceptors (Lipinski definition) is 3. The molecule has 0 aliphatic heterocycles. The maximum absolute atomic E-state index is 12.6. The standard InChI is InChI=1S/C15H5Cl3O4/c16-10-8-7(9(15(21)22)11(17)12(10)18)13(19)5-3-1-2-4-6(5)14(8)20/h1-4H,(H,21,22). The van der Waals surface area contributed by atoms with E-state index in [9.17, 15) is 19.5 Å². The average Bonchev–Trinajstić information content (AvgIpc) is 2.49. The van der Waals surface area contributed by atoms with Crippen LogP contribution in [0.4, 0.5) is 0 Å². The maximum atomic E-state index is 12.6. The predicted molar refractivity (Wildman–Crippen MR) is 81.7 cm³/mol. The van der Waals surface area contributed by atoms with Gasteiger partial charge in [0.15, 0.2) is 11.6 Å². The largest absolute Gasteiger partial charge is 0.478 e. The second-order valence-electron chi connectivity index (χ2n) is 4.58. The molecule has 1 aliphatic carbocycles. The minimum Gasteiger partial charge on any atom is -0.478 e. The summed E-state index contributed by atoms with van der Waals surface area (Å²) >= 11 is 17.9. The van der Waals surface area contributed by atoms with Gasteiger partial charge in [-0.2, -0.15) is 0 Å². The Bertz CT molecular complexity index is 887. The minimum atomic E-state index is -1.46. The van der Waals surface area contributed by atoms with Gasteiger partial charge in [-0.15, -0.1) is 0 Å². The molecule has 22 heavy (non-hydrogen) atoms. The summed E-state index contributed by atoms with van der Waals surface area (Å²) < 4.78 is 0. The van der Waals surface area contributed by atoms with Crippen molar-refractivity contribution < 1.29 is 19.5 Å². The number of rotatable bonds is 1. The van der Waals surface area contributed by atoms with E-state index in [1.54, 1.807) is 12.1 Å². The molecule has 0 heterocycles. The van der Waals surface area contributed by atoms with Gasteiger partial charge in [0, 0.05) is 11.1 Å². The molecule has 0 saturated carbocycles. The molecule has 0 fully saturated rings. The Morgan fingerprint density at radius 1 is 0.818 bits per heavy atom. The number of carbonyl (C=O) groups is 3. The van der Waals surface area contributed by atoms with E-state index >= 15 is 0 Å². The van der Waals surface area contributed by atoms with Crippen molar-refractivity contribution in [1.29, 1.82) is 0 Å². The van der Waals surface area contributed by atoms with Crippen LogP contribution in [-0.2, 0) is 0 Å². The smallest absolute Gasteiger partial charge is 0.338 e. The minimum absolute atomic E-state index is 0.108. The maximum Gasteiger partial charge on any atom is 0.338 e. The summed E-state index contributed by atoms with van der Waals surface area (Å²) in [6.45, 7) is 0. The van der Waals surface area contributed by atoms with Crippen LogP contribution in [0.1, 0.15) is 42.2 Å². The van der Waals surface area contributed by atoms with E-state index in [0.29, 0.717) is 0 Å². The van der Waals surface area contributed by atoms with Crippen LogP contribution in [0.2, 0.25) is 15.1 Å². The van der Waals surface area contributed by atoms with Crippen molar-refractivity contribution in [2.24, 2.45) is 0 Å². The van der Waals surface area contributed by atoms with Gasteiger partial charge < -0.3 is 5.11 Å². The van der Waals surface area contributed by atoms with Crippen LogP contribution in [0.25, 0.3) is 0 Å². The third kappa shape index (κ3) is 1.88. The van der Waals surface area contributed by atoms with Gasteiger partial charge in [0.2, 0.25) is 0 Å². The molecular weight excluding hydrogens is 351 g/mol. The summed E-state index contributed by atoms with van der Waals surface area (Å²) in [6.07, 6.45) is 0. The average molecular weight is 356 g/mol. The van der Waals surface area contributed by atoms with E-state index in [1.165, 1.54) is 12.1 Å². The number of halogens is 3. The van der Waals surface area contributed by atoms with Crippen molar-refractivity contribution >= 4 is 52.3 Å². The molecule has 0 unspecified atom stereocenters. The van der Waals surface area contributed by atoms with Gasteiger partial charge in [-0.3, -0.25) is 9.59 Å². The highest BCUT2D eigenvalue weighted by atomic mass is 35.5. The summed E-state index contributed by atoms with van der Waals surface area (Å²) in [7, 11) is 0. The molecule has 0 amide bonds. The zero-order valence-corrected chi connectivity index (χ0v) is 12.9. The molecule has 2 aromatic rings. The summed E-state index contributed by atoms with van der Waals surface area (Å²) in [4.78, 5) is 36.7. The topological polar surface area (TPSA) is 71.4 Å². The highest BCUT2D eigenvalue weighted by Gasteiger charge is 2.38. The number of carboxylic acids is 1. The van der Waals surface area contributed by atoms with E-state index in [1.807, 2.05) is 0 Å². The molecule has 0 saturated heterocycles. The number of fused-ring (bicyclic) bond motifs is 2. The fourth-order valence-electron chi connectivity index (χ4n) is 2.45. The summed E-state index contributed by atoms with van der Waals surface area (Å²) in [6, 6.07) is 6.09. The number of aromatic carboxylic acids is 1. The zero-order chi connectivity index (χ0) is 16.2. The van der Waals surface area contributed by atoms with Crippen molar-refractivity contribution in [3.05, 3.63) is 67.2 Å². The van der Waals surface area contributed by atoms with Gasteiger partial charge in [-0.1, -0.05) is 59.1 Å². The van der Waals surface area contributed by atoms with Gasteiger partial charge in [-0.25, -0.2) is 4.79 Å². The molecule has 1 aliphatic rings. The Labute approximate surface area is 139 Å². The number of carboxylic acid groups (broad SMARTS) is 1. The molecule has 2 aromatic carbocycles. The lowest BCUT2D eigenvalue weighted by Crippen LogP contribution is -2.25. The van der Waals surface area contributed by atoms with Gasteiger partial charge >= 0.3 is 5.97 Å². The lowest BCUT2D eigenvalue weighted by molar-refractivity contribution is 0.0693. The first-order valence-corrected chi connectivity index (χ1v) is 7.11. The second kappa shape index (κ2) is 5.09. The Kier molecular flexibility index (Phi) is 3.48. The fourth-order valence-corrected chi connectivity index (χ4v) is 3.23. The summed E-state index contributed by atoms with van der Waals surface area (Å²) in [5.74, 6) is -2.64. The van der Waals surface area contributed by atoms with E-state index in [2.05, 4.69) is 0 Å². The number of benzene rings is 2. The molecule has 0 radical (unpaired) electrons. The van der Waals surface area contributed by atoms with Crippen LogP contribution in [0.5, 0.6) is 0 Å². The predicted octanol–water partition coefficient (Wildman–Crippen LogP) is 4.12. The van der Waals surface area contributed by atoms with Gasteiger partial charge in [0.1, 0.15) is 0 Å². The van der Waals surface area contributed by atoms with Crippen molar-refractivity contribution in [2.75, 3.05) is 0 Å². The van der Waals surface area contributed by atoms with Crippen molar-refractivity contribution in [2.45, 2.75) is 0 Å². The van der Waals surface area contributed by atoms with Crippen LogP contribution >= 0.6 is 34.8 Å². The fraction of sp³-hybridized carbons (Fsp3) is 0. The first-order chi connectivity index (χ1) is 10.4. The Morgan fingerprint density at radius 2 is 1.32 bits per heavy atom. The van der Waals surface area contributed by atoms with Crippen molar-refractivity contribution in [3.63, 3.8) is 0 Å². The first kappa shape index (κ1) is 15.0. The molecular formula is C15H5Cl3O4. The van der Waals surface area contributed by atoms with Gasteiger partial charge in [0.05, 0.1) is 31.8 Å².